The Kier molecular flexibility index (Phi) is 8.43. The second-order valence-corrected chi connectivity index (χ2v) is 12.7. The number of benzene rings is 1. The van der Waals surface area contributed by atoms with Crippen molar-refractivity contribution in [2.75, 3.05) is 0 Å². The maximum Gasteiger partial charge on any atom is 2.00 e. The fourth-order valence-electron chi connectivity index (χ4n) is 7.89. The Morgan fingerprint density at radius 3 is 2.11 bits per heavy atom. The molecule has 0 amide bonds. The van der Waals surface area contributed by atoms with Crippen molar-refractivity contribution in [3.8, 4) is 0 Å². The molecule has 37 heavy (non-hydrogen) atoms. The van der Waals surface area contributed by atoms with E-state index in [0.717, 1.165) is 6.42 Å². The Morgan fingerprint density at radius 1 is 0.892 bits per heavy atom. The van der Waals surface area contributed by atoms with E-state index in [1.165, 1.54) is 24.0 Å². The summed E-state index contributed by atoms with van der Waals surface area (Å²) in [6.45, 7) is 26.3. The summed E-state index contributed by atoms with van der Waals surface area (Å²) in [6, 6.07) is 19.2. The molecule has 0 N–H and O–H groups in total. The monoisotopic (exact) mass is 568 g/mol. The smallest absolute Gasteiger partial charge is 0.214 e. The molecule has 0 radical (unpaired) electrons. The molecule has 0 heterocycles. The molecule has 2 aromatic carbocycles. The van der Waals surface area contributed by atoms with Crippen molar-refractivity contribution in [1.82, 2.24) is 0 Å². The van der Waals surface area contributed by atoms with Gasteiger partial charge >= 0.3 is 26.2 Å². The molecule has 2 atom stereocenters. The zero-order valence-electron chi connectivity index (χ0n) is 24.5. The maximum atomic E-state index is 3.00. The van der Waals surface area contributed by atoms with Crippen molar-refractivity contribution >= 4 is 5.57 Å². The summed E-state index contributed by atoms with van der Waals surface area (Å²) in [7, 11) is 0. The minimum Gasteiger partial charge on any atom is -0.214 e. The van der Waals surface area contributed by atoms with E-state index < -0.39 is 0 Å². The Hall–Kier alpha value is -1.72. The first kappa shape index (κ1) is 29.8. The van der Waals surface area contributed by atoms with Gasteiger partial charge in [0.1, 0.15) is 0 Å². The predicted molar refractivity (Wildman–Crippen MR) is 158 cm³/mol. The number of hydrogen-bond acceptors (Lipinski definition) is 0. The number of allylic oxidation sites excluding steroid dienone is 6. The van der Waals surface area contributed by atoms with Crippen molar-refractivity contribution in [3.63, 3.8) is 0 Å². The fourth-order valence-corrected chi connectivity index (χ4v) is 7.89. The number of fused-ring (bicyclic) bond motifs is 6. The van der Waals surface area contributed by atoms with Crippen LogP contribution in [0, 0.1) is 33.5 Å². The van der Waals surface area contributed by atoms with Crippen LogP contribution < -0.4 is 0 Å². The van der Waals surface area contributed by atoms with Crippen molar-refractivity contribution in [1.29, 1.82) is 0 Å². The zero-order chi connectivity index (χ0) is 26.5. The third-order valence-corrected chi connectivity index (χ3v) is 11.3. The Labute approximate surface area is 246 Å². The van der Waals surface area contributed by atoms with Crippen LogP contribution in [-0.4, -0.2) is 0 Å². The molecule has 1 heteroatoms. The van der Waals surface area contributed by atoms with Crippen LogP contribution in [-0.2, 0) is 32.6 Å². The molecule has 2 aromatic rings. The van der Waals surface area contributed by atoms with E-state index in [0.29, 0.717) is 5.92 Å². The molecular weight excluding hydrogens is 524 g/mol. The average molecular weight is 570 g/mol. The van der Waals surface area contributed by atoms with Gasteiger partial charge < -0.3 is 0 Å². The van der Waals surface area contributed by atoms with Gasteiger partial charge in [0.15, 0.2) is 0 Å². The summed E-state index contributed by atoms with van der Waals surface area (Å²) >= 11 is 0. The summed E-state index contributed by atoms with van der Waals surface area (Å²) < 4.78 is 0. The van der Waals surface area contributed by atoms with E-state index in [1.807, 2.05) is 30.3 Å². The van der Waals surface area contributed by atoms with Crippen LogP contribution in [0.1, 0.15) is 79.4 Å². The third-order valence-electron chi connectivity index (χ3n) is 11.3. The second kappa shape index (κ2) is 10.5. The first-order chi connectivity index (χ1) is 17.0. The summed E-state index contributed by atoms with van der Waals surface area (Å²) in [5, 5.41) is 0. The molecule has 0 aliphatic heterocycles. The van der Waals surface area contributed by atoms with Crippen LogP contribution in [0.15, 0.2) is 96.6 Å². The van der Waals surface area contributed by atoms with Crippen LogP contribution in [0.4, 0.5) is 0 Å². The third kappa shape index (κ3) is 4.02. The summed E-state index contributed by atoms with van der Waals surface area (Å²) in [5.74, 6) is 2.24. The molecule has 1 saturated carbocycles. The van der Waals surface area contributed by atoms with Gasteiger partial charge in [-0.1, -0.05) is 113 Å². The zero-order valence-corrected chi connectivity index (χ0v) is 26.9. The Balaban J connectivity index is 0.000000420. The first-order valence-electron chi connectivity index (χ1n) is 13.7. The van der Waals surface area contributed by atoms with E-state index in [4.69, 9.17) is 0 Å². The topological polar surface area (TPSA) is 0 Å². The first-order valence-corrected chi connectivity index (χ1v) is 13.7. The molecule has 2 unspecified atom stereocenters. The summed E-state index contributed by atoms with van der Waals surface area (Å²) in [4.78, 5) is 0. The van der Waals surface area contributed by atoms with Gasteiger partial charge in [0.05, 0.1) is 0 Å². The van der Waals surface area contributed by atoms with Crippen molar-refractivity contribution < 1.29 is 26.2 Å². The normalized spacial score (nSPS) is 27.2. The van der Waals surface area contributed by atoms with Gasteiger partial charge in [0.2, 0.25) is 0 Å². The van der Waals surface area contributed by atoms with Crippen LogP contribution in [0.5, 0.6) is 0 Å². The van der Waals surface area contributed by atoms with E-state index in [2.05, 4.69) is 105 Å². The minimum absolute atomic E-state index is 0. The van der Waals surface area contributed by atoms with Crippen LogP contribution >= 0.6 is 0 Å². The quantitative estimate of drug-likeness (QED) is 0.219. The van der Waals surface area contributed by atoms with Gasteiger partial charge in [-0.3, -0.25) is 0 Å². The molecule has 194 valence electrons. The van der Waals surface area contributed by atoms with Gasteiger partial charge in [0, 0.05) is 0 Å². The van der Waals surface area contributed by atoms with Gasteiger partial charge in [0.25, 0.3) is 0 Å². The Morgan fingerprint density at radius 2 is 1.51 bits per heavy atom. The largest absolute Gasteiger partial charge is 2.00 e. The van der Waals surface area contributed by atoms with Crippen LogP contribution in [0.3, 0.4) is 0 Å². The molecule has 1 fully saturated rings. The van der Waals surface area contributed by atoms with Crippen LogP contribution in [0.2, 0.25) is 0 Å². The maximum absolute atomic E-state index is 3.00. The van der Waals surface area contributed by atoms with Crippen LogP contribution in [0.25, 0.3) is 5.57 Å². The van der Waals surface area contributed by atoms with Gasteiger partial charge in [-0.2, -0.15) is 29.3 Å². The molecule has 0 saturated heterocycles. The second-order valence-electron chi connectivity index (χ2n) is 12.7. The SMILES string of the molecule is C=C.C[C-]1C2=C3Cc4ccccc4C3=C3C=CCCC3C2(C)C(C)(C)C(C)(C)C1(C)C.[Zr+2].c1cc[cH-]c1. The van der Waals surface area contributed by atoms with Crippen molar-refractivity contribution in [2.45, 2.75) is 74.7 Å². The predicted octanol–water partition coefficient (Wildman–Crippen LogP) is 10.2. The molecule has 0 aromatic heterocycles. The van der Waals surface area contributed by atoms with Crippen molar-refractivity contribution in [3.05, 3.63) is 114 Å². The van der Waals surface area contributed by atoms with E-state index in [-0.39, 0.29) is 47.9 Å². The van der Waals surface area contributed by atoms with Gasteiger partial charge in [-0.25, -0.2) is 18.1 Å². The summed E-state index contributed by atoms with van der Waals surface area (Å²) in [6.07, 6.45) is 8.50. The van der Waals surface area contributed by atoms with Gasteiger partial charge in [-0.15, -0.1) is 20.1 Å². The Bertz CT molecular complexity index is 1180. The fraction of sp³-hybridized carbons (Fsp3) is 0.444. The average Bonchev–Trinajstić information content (AvgIpc) is 3.56. The van der Waals surface area contributed by atoms with E-state index >= 15 is 0 Å². The molecular formula is C36H46Zr. The minimum atomic E-state index is 0. The van der Waals surface area contributed by atoms with E-state index in [9.17, 15) is 0 Å². The number of hydrogen-bond donors (Lipinski definition) is 0. The number of rotatable bonds is 0. The molecule has 6 rings (SSSR count). The molecule has 0 nitrogen and oxygen atoms in total. The van der Waals surface area contributed by atoms with E-state index in [1.54, 1.807) is 28.2 Å². The summed E-state index contributed by atoms with van der Waals surface area (Å²) in [5.41, 5.74) is 10.3. The molecule has 4 aliphatic carbocycles. The molecule has 4 aliphatic rings. The molecule has 0 spiro atoms. The molecule has 0 bridgehead atoms. The van der Waals surface area contributed by atoms with Crippen molar-refractivity contribution in [2.24, 2.45) is 27.6 Å². The van der Waals surface area contributed by atoms with Gasteiger partial charge in [-0.05, 0) is 40.6 Å². The standard InChI is InChI=1S/C29H37.C5H5.C2H4.Zr/c1-18-25-22-17-19-13-9-10-14-20(19)24(22)21-15-11-12-16-23(21)29(25,8)28(6,7)27(4,5)26(18,2)3;1-2-4-5-3-1;1-2;/h9-11,13-15,23H,12,16-17H2,1-8H3;1-5H;1-2H2;/q2*-1;;+2.